The lowest BCUT2D eigenvalue weighted by Crippen LogP contribution is -2.46. The molecule has 0 atom stereocenters. The predicted octanol–water partition coefficient (Wildman–Crippen LogP) is 5.12. The molecule has 0 aliphatic carbocycles. The second-order valence-corrected chi connectivity index (χ2v) is 6.81. The van der Waals surface area contributed by atoms with Crippen LogP contribution in [-0.4, -0.2) is 23.4 Å². The zero-order chi connectivity index (χ0) is 18.3. The fraction of sp³-hybridized carbons (Fsp3) is 0.667. The zero-order valence-corrected chi connectivity index (χ0v) is 15.0. The van der Waals surface area contributed by atoms with Crippen molar-refractivity contribution in [2.24, 2.45) is 5.41 Å². The molecule has 0 heterocycles. The molecule has 2 N–H and O–H groups in total. The molecule has 0 radical (unpaired) electrons. The maximum atomic E-state index is 13.4. The van der Waals surface area contributed by atoms with E-state index in [4.69, 9.17) is 0 Å². The van der Waals surface area contributed by atoms with Gasteiger partial charge in [0.1, 0.15) is 0 Å². The number of nitrogens with one attached hydrogen (secondary N) is 1. The summed E-state index contributed by atoms with van der Waals surface area (Å²) in [5.41, 5.74) is -2.24. The molecule has 0 amide bonds. The highest BCUT2D eigenvalue weighted by molar-refractivity contribution is 5.36. The number of halogens is 3. The summed E-state index contributed by atoms with van der Waals surface area (Å²) >= 11 is 0. The molecule has 0 bridgehead atoms. The molecule has 5 heteroatoms. The van der Waals surface area contributed by atoms with Gasteiger partial charge in [0, 0.05) is 17.7 Å². The van der Waals surface area contributed by atoms with E-state index in [9.17, 15) is 18.3 Å². The van der Waals surface area contributed by atoms with E-state index in [0.717, 1.165) is 0 Å². The third-order valence-electron chi connectivity index (χ3n) is 4.07. The summed E-state index contributed by atoms with van der Waals surface area (Å²) in [4.78, 5) is 0. The summed E-state index contributed by atoms with van der Waals surface area (Å²) in [6.07, 6.45) is 2.48. The Bertz CT molecular complexity index is 452. The van der Waals surface area contributed by atoms with Gasteiger partial charge < -0.3 is 10.4 Å². The fourth-order valence-corrected chi connectivity index (χ4v) is 1.64. The summed E-state index contributed by atoms with van der Waals surface area (Å²) in [5.74, 6) is 0. The van der Waals surface area contributed by atoms with Crippen molar-refractivity contribution in [3.63, 3.8) is 0 Å². The lowest BCUT2D eigenvalue weighted by molar-refractivity contribution is -0.0904. The lowest BCUT2D eigenvalue weighted by Gasteiger charge is -2.38. The van der Waals surface area contributed by atoms with E-state index >= 15 is 0 Å². The molecule has 0 aliphatic rings. The number of rotatable bonds is 8. The summed E-state index contributed by atoms with van der Waals surface area (Å²) in [5, 5.41) is 13.0. The minimum atomic E-state index is -4.42. The highest BCUT2D eigenvalue weighted by Crippen LogP contribution is 2.33. The second-order valence-electron chi connectivity index (χ2n) is 6.81. The average molecular weight is 333 g/mol. The first-order valence-corrected chi connectivity index (χ1v) is 7.93. The van der Waals surface area contributed by atoms with Crippen LogP contribution in [0.5, 0.6) is 0 Å². The van der Waals surface area contributed by atoms with Gasteiger partial charge in [-0.2, -0.15) is 13.2 Å². The van der Waals surface area contributed by atoms with Crippen LogP contribution in [0.4, 0.5) is 13.2 Å². The van der Waals surface area contributed by atoms with Gasteiger partial charge in [0.15, 0.2) is 0 Å². The Hall–Kier alpha value is -1.23. The largest absolute Gasteiger partial charge is 0.418 e. The normalized spacial score (nSPS) is 15.4. The van der Waals surface area contributed by atoms with Crippen LogP contribution in [0.2, 0.25) is 0 Å². The molecular formula is C18H30F3NO. The fourth-order valence-electron chi connectivity index (χ4n) is 1.64. The Labute approximate surface area is 138 Å². The first kappa shape index (κ1) is 21.8. The second kappa shape index (κ2) is 8.57. The molecule has 23 heavy (non-hydrogen) atoms. The topological polar surface area (TPSA) is 32.3 Å². The number of hydrogen-bond acceptors (Lipinski definition) is 2. The summed E-state index contributed by atoms with van der Waals surface area (Å²) in [7, 11) is 0. The van der Waals surface area contributed by atoms with Crippen molar-refractivity contribution in [2.75, 3.05) is 6.54 Å². The predicted molar refractivity (Wildman–Crippen MR) is 90.0 cm³/mol. The van der Waals surface area contributed by atoms with Crippen molar-refractivity contribution in [1.82, 2.24) is 5.32 Å². The maximum absolute atomic E-state index is 13.4. The molecule has 134 valence electrons. The maximum Gasteiger partial charge on any atom is 0.418 e. The van der Waals surface area contributed by atoms with E-state index in [0.29, 0.717) is 12.8 Å². The van der Waals surface area contributed by atoms with Gasteiger partial charge in [-0.15, -0.1) is 0 Å². The molecule has 0 fully saturated rings. The van der Waals surface area contributed by atoms with E-state index in [1.165, 1.54) is 12.2 Å². The highest BCUT2D eigenvalue weighted by Gasteiger charge is 2.38. The van der Waals surface area contributed by atoms with Gasteiger partial charge in [0.05, 0.1) is 11.2 Å². The van der Waals surface area contributed by atoms with Gasteiger partial charge in [-0.05, 0) is 33.3 Å². The Morgan fingerprint density at radius 1 is 1.13 bits per heavy atom. The van der Waals surface area contributed by atoms with Gasteiger partial charge in [0.2, 0.25) is 0 Å². The van der Waals surface area contributed by atoms with Crippen LogP contribution < -0.4 is 5.32 Å². The monoisotopic (exact) mass is 333 g/mol. The first-order chi connectivity index (χ1) is 10.4. The molecule has 0 aliphatic heterocycles. The molecular weight excluding hydrogens is 303 g/mol. The van der Waals surface area contributed by atoms with Crippen LogP contribution >= 0.6 is 0 Å². The molecule has 0 aromatic heterocycles. The Balaban J connectivity index is 5.53. The third kappa shape index (κ3) is 7.25. The van der Waals surface area contributed by atoms with Crippen molar-refractivity contribution in [1.29, 1.82) is 0 Å². The van der Waals surface area contributed by atoms with Crippen LogP contribution in [-0.2, 0) is 0 Å². The van der Waals surface area contributed by atoms with E-state index in [1.807, 2.05) is 20.8 Å². The van der Waals surface area contributed by atoms with Crippen LogP contribution in [0.3, 0.4) is 0 Å². The van der Waals surface area contributed by atoms with Crippen molar-refractivity contribution in [3.8, 4) is 0 Å². The van der Waals surface area contributed by atoms with Crippen LogP contribution in [0.15, 0.2) is 35.6 Å². The molecule has 0 saturated heterocycles. The average Bonchev–Trinajstić information content (AvgIpc) is 2.38. The van der Waals surface area contributed by atoms with Crippen LogP contribution in [0.1, 0.15) is 54.4 Å². The number of alkyl halides is 3. The lowest BCUT2D eigenvalue weighted by atomic mass is 9.77. The Morgan fingerprint density at radius 3 is 2.09 bits per heavy atom. The quantitative estimate of drug-likeness (QED) is 0.604. The van der Waals surface area contributed by atoms with Gasteiger partial charge in [-0.3, -0.25) is 0 Å². The molecule has 2 nitrogen and oxygen atoms in total. The van der Waals surface area contributed by atoms with Crippen molar-refractivity contribution in [2.45, 2.75) is 66.2 Å². The molecule has 0 saturated carbocycles. The standard InChI is InChI=1S/C18H30F3NO/c1-7-9-11-14(18(19,20)21)15(12-10-8-2)22-13-16(3,4)17(5,6)23/h8,10-12,22-23H,7,9,13H2,1-6H3/b10-8-,14-11-,15-12+. The minimum absolute atomic E-state index is 0.0291. The van der Waals surface area contributed by atoms with Crippen molar-refractivity contribution < 1.29 is 18.3 Å². The number of aliphatic hydroxyl groups is 1. The molecule has 0 spiro atoms. The Morgan fingerprint density at radius 2 is 1.70 bits per heavy atom. The minimum Gasteiger partial charge on any atom is -0.390 e. The molecule has 0 aromatic carbocycles. The van der Waals surface area contributed by atoms with Crippen LogP contribution in [0.25, 0.3) is 0 Å². The van der Waals surface area contributed by atoms with Gasteiger partial charge in [-0.25, -0.2) is 0 Å². The highest BCUT2D eigenvalue weighted by atomic mass is 19.4. The van der Waals surface area contributed by atoms with E-state index in [1.54, 1.807) is 32.9 Å². The zero-order valence-electron chi connectivity index (χ0n) is 15.0. The number of hydrogen-bond donors (Lipinski definition) is 2. The molecule has 0 aromatic rings. The van der Waals surface area contributed by atoms with E-state index < -0.39 is 22.8 Å². The van der Waals surface area contributed by atoms with Crippen molar-refractivity contribution >= 4 is 0 Å². The third-order valence-corrected chi connectivity index (χ3v) is 4.07. The SMILES string of the molecule is C\C=C/C=C(NCC(C)(C)C(C)(C)O)\C(=C\CCC)C(F)(F)F. The van der Waals surface area contributed by atoms with Crippen LogP contribution in [0, 0.1) is 5.41 Å². The van der Waals surface area contributed by atoms with Gasteiger partial charge in [0.25, 0.3) is 0 Å². The molecule has 0 rings (SSSR count). The summed E-state index contributed by atoms with van der Waals surface area (Å²) in [6, 6.07) is 0. The number of allylic oxidation sites excluding steroid dienone is 5. The summed E-state index contributed by atoms with van der Waals surface area (Å²) < 4.78 is 40.1. The number of unbranched alkanes of at least 4 members (excludes halogenated alkanes) is 1. The van der Waals surface area contributed by atoms with Crippen molar-refractivity contribution in [3.05, 3.63) is 35.6 Å². The Kier molecular flexibility index (Phi) is 8.12. The molecule has 0 unspecified atom stereocenters. The van der Waals surface area contributed by atoms with E-state index in [-0.39, 0.29) is 12.2 Å². The van der Waals surface area contributed by atoms with E-state index in [2.05, 4.69) is 5.32 Å². The summed E-state index contributed by atoms with van der Waals surface area (Å²) in [6.45, 7) is 10.7. The first-order valence-electron chi connectivity index (χ1n) is 7.93. The smallest absolute Gasteiger partial charge is 0.390 e. The van der Waals surface area contributed by atoms with Gasteiger partial charge in [-0.1, -0.05) is 45.4 Å². The van der Waals surface area contributed by atoms with Gasteiger partial charge >= 0.3 is 6.18 Å².